The molecule has 9 heteroatoms. The van der Waals surface area contributed by atoms with Gasteiger partial charge < -0.3 is 14.6 Å². The summed E-state index contributed by atoms with van der Waals surface area (Å²) in [5.41, 5.74) is 0. The SMILES string of the molecule is COCCOc1ccc(F)cc1S(=O)(=O)N1CCC(C(=O)O)CC1. The minimum Gasteiger partial charge on any atom is -0.490 e. The molecule has 1 aliphatic rings. The zero-order chi connectivity index (χ0) is 17.7. The molecule has 0 aliphatic carbocycles. The third-order valence-electron chi connectivity index (χ3n) is 3.87. The number of hydrogen-bond donors (Lipinski definition) is 1. The lowest BCUT2D eigenvalue weighted by atomic mass is 9.99. The van der Waals surface area contributed by atoms with Gasteiger partial charge in [0.25, 0.3) is 0 Å². The van der Waals surface area contributed by atoms with Crippen molar-refractivity contribution in [2.45, 2.75) is 17.7 Å². The lowest BCUT2D eigenvalue weighted by molar-refractivity contribution is -0.142. The molecule has 0 bridgehead atoms. The van der Waals surface area contributed by atoms with E-state index < -0.39 is 27.7 Å². The predicted molar refractivity (Wildman–Crippen MR) is 82.9 cm³/mol. The van der Waals surface area contributed by atoms with Crippen molar-refractivity contribution < 1.29 is 32.2 Å². The van der Waals surface area contributed by atoms with Crippen molar-refractivity contribution in [3.8, 4) is 5.75 Å². The first-order valence-electron chi connectivity index (χ1n) is 7.50. The lowest BCUT2D eigenvalue weighted by Crippen LogP contribution is -2.40. The number of hydrogen-bond acceptors (Lipinski definition) is 5. The van der Waals surface area contributed by atoms with E-state index in [2.05, 4.69) is 0 Å². The van der Waals surface area contributed by atoms with Crippen molar-refractivity contribution in [3.05, 3.63) is 24.0 Å². The Balaban J connectivity index is 2.22. The van der Waals surface area contributed by atoms with Crippen molar-refractivity contribution in [2.24, 2.45) is 5.92 Å². The van der Waals surface area contributed by atoms with Crippen LogP contribution in [0.2, 0.25) is 0 Å². The Hall–Kier alpha value is -1.71. The summed E-state index contributed by atoms with van der Waals surface area (Å²) in [6, 6.07) is 3.31. The zero-order valence-corrected chi connectivity index (χ0v) is 14.1. The van der Waals surface area contributed by atoms with Gasteiger partial charge in [-0.25, -0.2) is 12.8 Å². The van der Waals surface area contributed by atoms with Crippen LogP contribution in [0.3, 0.4) is 0 Å². The summed E-state index contributed by atoms with van der Waals surface area (Å²) in [5, 5.41) is 9.00. The number of carboxylic acid groups (broad SMARTS) is 1. The van der Waals surface area contributed by atoms with Gasteiger partial charge in [-0.1, -0.05) is 0 Å². The third kappa shape index (κ3) is 4.22. The van der Waals surface area contributed by atoms with Crippen molar-refractivity contribution in [1.29, 1.82) is 0 Å². The molecule has 7 nitrogen and oxygen atoms in total. The summed E-state index contributed by atoms with van der Waals surface area (Å²) in [7, 11) is -2.48. The van der Waals surface area contributed by atoms with Gasteiger partial charge in [0, 0.05) is 20.2 Å². The van der Waals surface area contributed by atoms with Gasteiger partial charge >= 0.3 is 5.97 Å². The maximum Gasteiger partial charge on any atom is 0.306 e. The van der Waals surface area contributed by atoms with Crippen LogP contribution in [-0.4, -0.2) is 57.2 Å². The Bertz CT molecular complexity index is 685. The molecule has 2 rings (SSSR count). The van der Waals surface area contributed by atoms with Gasteiger partial charge in [0.05, 0.1) is 12.5 Å². The first-order chi connectivity index (χ1) is 11.4. The third-order valence-corrected chi connectivity index (χ3v) is 5.79. The van der Waals surface area contributed by atoms with Crippen molar-refractivity contribution in [3.63, 3.8) is 0 Å². The molecule has 134 valence electrons. The average molecular weight is 361 g/mol. The molecule has 1 fully saturated rings. The number of sulfonamides is 1. The highest BCUT2D eigenvalue weighted by atomic mass is 32.2. The van der Waals surface area contributed by atoms with Crippen molar-refractivity contribution in [2.75, 3.05) is 33.4 Å². The number of carboxylic acids is 1. The largest absolute Gasteiger partial charge is 0.490 e. The molecule has 0 aromatic heterocycles. The summed E-state index contributed by atoms with van der Waals surface area (Å²) in [6.07, 6.45) is 0.452. The van der Waals surface area contributed by atoms with Crippen LogP contribution in [0.15, 0.2) is 23.1 Å². The molecule has 1 aliphatic heterocycles. The summed E-state index contributed by atoms with van der Waals surface area (Å²) in [4.78, 5) is 10.7. The fraction of sp³-hybridized carbons (Fsp3) is 0.533. The van der Waals surface area contributed by atoms with Crippen molar-refractivity contribution >= 4 is 16.0 Å². The molecule has 0 spiro atoms. The number of rotatable bonds is 7. The van der Waals surface area contributed by atoms with Crippen LogP contribution in [-0.2, 0) is 19.6 Å². The van der Waals surface area contributed by atoms with E-state index >= 15 is 0 Å². The van der Waals surface area contributed by atoms with Gasteiger partial charge in [-0.05, 0) is 31.0 Å². The van der Waals surface area contributed by atoms with Crippen LogP contribution in [0.25, 0.3) is 0 Å². The number of piperidine rings is 1. The molecule has 0 amide bonds. The van der Waals surface area contributed by atoms with E-state index in [1.807, 2.05) is 0 Å². The maximum atomic E-state index is 13.6. The van der Waals surface area contributed by atoms with E-state index in [1.54, 1.807) is 0 Å². The summed E-state index contributed by atoms with van der Waals surface area (Å²) >= 11 is 0. The topological polar surface area (TPSA) is 93.1 Å². The molecule has 0 unspecified atom stereocenters. The summed E-state index contributed by atoms with van der Waals surface area (Å²) in [5.74, 6) is -2.12. The number of benzene rings is 1. The molecule has 1 aromatic carbocycles. The second kappa shape index (κ2) is 7.91. The minimum atomic E-state index is -3.97. The second-order valence-corrected chi connectivity index (χ2v) is 7.36. The molecular formula is C15H20FNO6S. The first kappa shape index (κ1) is 18.6. The Morgan fingerprint density at radius 3 is 2.58 bits per heavy atom. The molecule has 1 aromatic rings. The van der Waals surface area contributed by atoms with E-state index in [1.165, 1.54) is 17.5 Å². The quantitative estimate of drug-likeness (QED) is 0.737. The highest BCUT2D eigenvalue weighted by molar-refractivity contribution is 7.89. The zero-order valence-electron chi connectivity index (χ0n) is 13.3. The molecule has 0 radical (unpaired) electrons. The smallest absolute Gasteiger partial charge is 0.306 e. The number of aliphatic carboxylic acids is 1. The van der Waals surface area contributed by atoms with Gasteiger partial charge in [0.2, 0.25) is 10.0 Å². The van der Waals surface area contributed by atoms with Crippen LogP contribution in [0.4, 0.5) is 4.39 Å². The van der Waals surface area contributed by atoms with E-state index in [9.17, 15) is 17.6 Å². The standard InChI is InChI=1S/C15H20FNO6S/c1-22-8-9-23-13-3-2-12(16)10-14(13)24(20,21)17-6-4-11(5-7-17)15(18)19/h2-3,10-11H,4-9H2,1H3,(H,18,19). The number of halogens is 1. The number of nitrogens with zero attached hydrogens (tertiary/aromatic N) is 1. The average Bonchev–Trinajstić information content (AvgIpc) is 2.56. The molecule has 0 saturated carbocycles. The Morgan fingerprint density at radius 1 is 1.33 bits per heavy atom. The van der Waals surface area contributed by atoms with Crippen molar-refractivity contribution in [1.82, 2.24) is 4.31 Å². The van der Waals surface area contributed by atoms with Gasteiger partial charge in [0.1, 0.15) is 23.1 Å². The van der Waals surface area contributed by atoms with Crippen LogP contribution in [0.1, 0.15) is 12.8 Å². The van der Waals surface area contributed by atoms with E-state index in [-0.39, 0.29) is 49.8 Å². The second-order valence-electron chi connectivity index (χ2n) is 5.45. The minimum absolute atomic E-state index is 0.0498. The normalized spacial score (nSPS) is 16.9. The monoisotopic (exact) mass is 361 g/mol. The van der Waals surface area contributed by atoms with E-state index in [0.717, 1.165) is 12.1 Å². The fourth-order valence-electron chi connectivity index (χ4n) is 2.52. The Morgan fingerprint density at radius 2 is 2.00 bits per heavy atom. The Kier molecular flexibility index (Phi) is 6.14. The van der Waals surface area contributed by atoms with Crippen LogP contribution >= 0.6 is 0 Å². The number of methoxy groups -OCH3 is 1. The fourth-order valence-corrected chi connectivity index (χ4v) is 4.13. The van der Waals surface area contributed by atoms with Crippen LogP contribution in [0, 0.1) is 11.7 Å². The van der Waals surface area contributed by atoms with Gasteiger partial charge in [-0.3, -0.25) is 4.79 Å². The highest BCUT2D eigenvalue weighted by Gasteiger charge is 2.33. The maximum absolute atomic E-state index is 13.6. The molecule has 1 N–H and O–H groups in total. The van der Waals surface area contributed by atoms with Crippen LogP contribution in [0.5, 0.6) is 5.75 Å². The van der Waals surface area contributed by atoms with Gasteiger partial charge in [0.15, 0.2) is 0 Å². The Labute approximate surface area is 140 Å². The predicted octanol–water partition coefficient (Wildman–Crippen LogP) is 1.34. The lowest BCUT2D eigenvalue weighted by Gasteiger charge is -2.29. The van der Waals surface area contributed by atoms with Crippen LogP contribution < -0.4 is 4.74 Å². The summed E-state index contributed by atoms with van der Waals surface area (Å²) < 4.78 is 50.5. The molecule has 0 atom stereocenters. The van der Waals surface area contributed by atoms with Gasteiger partial charge in [-0.15, -0.1) is 0 Å². The van der Waals surface area contributed by atoms with E-state index in [4.69, 9.17) is 14.6 Å². The molecule has 24 heavy (non-hydrogen) atoms. The molecule has 1 heterocycles. The number of carbonyl (C=O) groups is 1. The number of ether oxygens (including phenoxy) is 2. The molecular weight excluding hydrogens is 341 g/mol. The first-order valence-corrected chi connectivity index (χ1v) is 8.94. The molecule has 1 saturated heterocycles. The van der Waals surface area contributed by atoms with Gasteiger partial charge in [-0.2, -0.15) is 4.31 Å². The summed E-state index contributed by atoms with van der Waals surface area (Å²) in [6.45, 7) is 0.549. The highest BCUT2D eigenvalue weighted by Crippen LogP contribution is 2.30. The van der Waals surface area contributed by atoms with E-state index in [0.29, 0.717) is 0 Å².